The number of hydrogen-bond donors (Lipinski definition) is 2. The molecule has 2 aromatic rings. The molecule has 2 aromatic carbocycles. The number of benzene rings is 2. The molecule has 0 fully saturated rings. The molecular formula is C28H40N4O3. The van der Waals surface area contributed by atoms with Crippen LogP contribution in [0.5, 0.6) is 11.5 Å². The molecule has 2 rings (SSSR count). The van der Waals surface area contributed by atoms with Crippen molar-refractivity contribution < 1.29 is 14.3 Å². The Morgan fingerprint density at radius 3 is 2.20 bits per heavy atom. The van der Waals surface area contributed by atoms with Crippen molar-refractivity contribution in [3.05, 3.63) is 60.2 Å². The molecular weight excluding hydrogens is 440 g/mol. The largest absolute Gasteiger partial charge is 0.457 e. The second kappa shape index (κ2) is 16.3. The standard InChI is InChI=1S/C28H40N4O3/c1-3-5-12-24(13-6-4-2)31-28(29)32(22-33)21-11-10-20-30-27(34)23-16-18-26(19-17-23)35-25-14-8-7-9-15-25/h7-9,14-19,22,24H,3-6,10-13,20-21H2,1-2H3,(H2,29,31)(H,30,34). The molecule has 0 radical (unpaired) electrons. The molecule has 0 aliphatic heterocycles. The van der Waals surface area contributed by atoms with Crippen LogP contribution in [0.1, 0.15) is 75.6 Å². The maximum absolute atomic E-state index is 12.4. The average Bonchev–Trinajstić information content (AvgIpc) is 2.88. The van der Waals surface area contributed by atoms with Crippen LogP contribution in [0, 0.1) is 0 Å². The maximum Gasteiger partial charge on any atom is 0.251 e. The molecule has 0 saturated heterocycles. The first-order valence-corrected chi connectivity index (χ1v) is 12.7. The van der Waals surface area contributed by atoms with E-state index < -0.39 is 0 Å². The van der Waals surface area contributed by atoms with Crippen LogP contribution in [0.15, 0.2) is 59.6 Å². The monoisotopic (exact) mass is 480 g/mol. The molecule has 0 spiro atoms. The predicted molar refractivity (Wildman–Crippen MR) is 142 cm³/mol. The Labute approximate surface area is 209 Å². The number of nitrogens with two attached hydrogens (primary N) is 1. The molecule has 0 atom stereocenters. The minimum atomic E-state index is -0.140. The van der Waals surface area contributed by atoms with E-state index in [1.165, 1.54) is 4.90 Å². The van der Waals surface area contributed by atoms with Crippen LogP contribution in [0.25, 0.3) is 0 Å². The molecule has 190 valence electrons. The van der Waals surface area contributed by atoms with Crippen molar-refractivity contribution in [1.82, 2.24) is 10.2 Å². The van der Waals surface area contributed by atoms with Crippen LogP contribution in [0.2, 0.25) is 0 Å². The number of carbonyl (C=O) groups excluding carboxylic acids is 2. The van der Waals surface area contributed by atoms with Crippen LogP contribution in [0.4, 0.5) is 0 Å². The van der Waals surface area contributed by atoms with Crippen molar-refractivity contribution in [2.24, 2.45) is 10.7 Å². The summed E-state index contributed by atoms with van der Waals surface area (Å²) in [5, 5.41) is 2.92. The third-order valence-electron chi connectivity index (χ3n) is 5.72. The van der Waals surface area contributed by atoms with E-state index in [4.69, 9.17) is 10.5 Å². The summed E-state index contributed by atoms with van der Waals surface area (Å²) in [5.41, 5.74) is 6.71. The number of guanidine groups is 1. The third kappa shape index (κ3) is 10.6. The molecule has 0 aliphatic rings. The summed E-state index contributed by atoms with van der Waals surface area (Å²) in [6, 6.07) is 16.7. The van der Waals surface area contributed by atoms with E-state index in [2.05, 4.69) is 24.2 Å². The predicted octanol–water partition coefficient (Wildman–Crippen LogP) is 5.51. The topological polar surface area (TPSA) is 97.0 Å². The molecule has 7 heteroatoms. The lowest BCUT2D eigenvalue weighted by Crippen LogP contribution is -2.38. The number of para-hydroxylation sites is 1. The summed E-state index contributed by atoms with van der Waals surface area (Å²) in [6.07, 6.45) is 8.63. The number of ether oxygens (including phenoxy) is 1. The van der Waals surface area contributed by atoms with Gasteiger partial charge in [0, 0.05) is 18.7 Å². The van der Waals surface area contributed by atoms with Crippen molar-refractivity contribution in [1.29, 1.82) is 0 Å². The van der Waals surface area contributed by atoms with Gasteiger partial charge < -0.3 is 15.8 Å². The fourth-order valence-electron chi connectivity index (χ4n) is 3.65. The highest BCUT2D eigenvalue weighted by Gasteiger charge is 2.12. The Kier molecular flexibility index (Phi) is 13.0. The fourth-order valence-corrected chi connectivity index (χ4v) is 3.65. The Morgan fingerprint density at radius 1 is 0.971 bits per heavy atom. The van der Waals surface area contributed by atoms with Crippen molar-refractivity contribution in [2.75, 3.05) is 13.1 Å². The highest BCUT2D eigenvalue weighted by atomic mass is 16.5. The number of nitrogens with zero attached hydrogens (tertiary/aromatic N) is 2. The molecule has 3 N–H and O–H groups in total. The van der Waals surface area contributed by atoms with Crippen LogP contribution < -0.4 is 15.8 Å². The summed E-state index contributed by atoms with van der Waals surface area (Å²) in [4.78, 5) is 30.1. The normalized spacial score (nSPS) is 11.3. The van der Waals surface area contributed by atoms with Crippen LogP contribution in [0.3, 0.4) is 0 Å². The minimum Gasteiger partial charge on any atom is -0.457 e. The molecule has 0 aromatic heterocycles. The Hall–Kier alpha value is -3.35. The van der Waals surface area contributed by atoms with Gasteiger partial charge in [-0.3, -0.25) is 14.5 Å². The van der Waals surface area contributed by atoms with E-state index in [1.807, 2.05) is 30.3 Å². The maximum atomic E-state index is 12.4. The van der Waals surface area contributed by atoms with Gasteiger partial charge in [0.2, 0.25) is 6.41 Å². The van der Waals surface area contributed by atoms with Gasteiger partial charge in [0.15, 0.2) is 5.96 Å². The molecule has 2 amide bonds. The number of unbranched alkanes of at least 4 members (excludes halogenated alkanes) is 3. The fraction of sp³-hybridized carbons (Fsp3) is 0.464. The van der Waals surface area contributed by atoms with E-state index >= 15 is 0 Å². The molecule has 0 heterocycles. The third-order valence-corrected chi connectivity index (χ3v) is 5.72. The summed E-state index contributed by atoms with van der Waals surface area (Å²) in [7, 11) is 0. The van der Waals surface area contributed by atoms with Crippen molar-refractivity contribution in [2.45, 2.75) is 71.3 Å². The van der Waals surface area contributed by atoms with Gasteiger partial charge in [-0.1, -0.05) is 57.7 Å². The second-order valence-electron chi connectivity index (χ2n) is 8.63. The summed E-state index contributed by atoms with van der Waals surface area (Å²) in [6.45, 7) is 5.32. The number of hydrogen-bond acceptors (Lipinski definition) is 4. The van der Waals surface area contributed by atoms with Gasteiger partial charge in [0.25, 0.3) is 5.91 Å². The van der Waals surface area contributed by atoms with E-state index in [0.29, 0.717) is 36.8 Å². The first kappa shape index (κ1) is 27.9. The zero-order valence-electron chi connectivity index (χ0n) is 21.1. The zero-order chi connectivity index (χ0) is 25.3. The lowest BCUT2D eigenvalue weighted by atomic mass is 10.0. The first-order valence-electron chi connectivity index (χ1n) is 12.7. The molecule has 35 heavy (non-hydrogen) atoms. The highest BCUT2D eigenvalue weighted by Crippen LogP contribution is 2.21. The molecule has 0 unspecified atom stereocenters. The zero-order valence-corrected chi connectivity index (χ0v) is 21.1. The number of amides is 2. The summed E-state index contributed by atoms with van der Waals surface area (Å²) < 4.78 is 5.76. The van der Waals surface area contributed by atoms with Crippen molar-refractivity contribution in [3.8, 4) is 11.5 Å². The van der Waals surface area contributed by atoms with E-state index in [0.717, 1.165) is 57.1 Å². The van der Waals surface area contributed by atoms with Crippen LogP contribution in [-0.4, -0.2) is 42.3 Å². The molecule has 0 bridgehead atoms. The highest BCUT2D eigenvalue weighted by molar-refractivity contribution is 5.94. The lowest BCUT2D eigenvalue weighted by Gasteiger charge is -2.19. The summed E-state index contributed by atoms with van der Waals surface area (Å²) in [5.74, 6) is 1.57. The van der Waals surface area contributed by atoms with Gasteiger partial charge >= 0.3 is 0 Å². The smallest absolute Gasteiger partial charge is 0.251 e. The minimum absolute atomic E-state index is 0.140. The van der Waals surface area contributed by atoms with Gasteiger partial charge in [0.05, 0.1) is 6.04 Å². The molecule has 0 aliphatic carbocycles. The second-order valence-corrected chi connectivity index (χ2v) is 8.63. The van der Waals surface area contributed by atoms with Crippen LogP contribution >= 0.6 is 0 Å². The molecule has 0 saturated carbocycles. The number of rotatable bonds is 16. The van der Waals surface area contributed by atoms with Gasteiger partial charge in [-0.05, 0) is 62.1 Å². The Bertz CT molecular complexity index is 892. The SMILES string of the molecule is CCCCC(CCCC)N=C(N)N(C=O)CCCCNC(=O)c1ccc(Oc2ccccc2)cc1. The Balaban J connectivity index is 1.74. The van der Waals surface area contributed by atoms with Gasteiger partial charge in [-0.2, -0.15) is 0 Å². The Morgan fingerprint density at radius 2 is 1.60 bits per heavy atom. The van der Waals surface area contributed by atoms with Gasteiger partial charge in [0.1, 0.15) is 11.5 Å². The number of aliphatic imine (C=N–C) groups is 1. The number of nitrogens with one attached hydrogen (secondary N) is 1. The lowest BCUT2D eigenvalue weighted by molar-refractivity contribution is -0.115. The van der Waals surface area contributed by atoms with E-state index in [9.17, 15) is 9.59 Å². The quantitative estimate of drug-likeness (QED) is 0.143. The number of carbonyl (C=O) groups is 2. The van der Waals surface area contributed by atoms with Gasteiger partial charge in [-0.15, -0.1) is 0 Å². The summed E-state index contributed by atoms with van der Waals surface area (Å²) >= 11 is 0. The average molecular weight is 481 g/mol. The first-order chi connectivity index (χ1) is 17.1. The van der Waals surface area contributed by atoms with Crippen molar-refractivity contribution in [3.63, 3.8) is 0 Å². The van der Waals surface area contributed by atoms with E-state index in [1.54, 1.807) is 24.3 Å². The molecule has 7 nitrogen and oxygen atoms in total. The van der Waals surface area contributed by atoms with Crippen molar-refractivity contribution >= 4 is 18.3 Å². The van der Waals surface area contributed by atoms with E-state index in [-0.39, 0.29) is 11.9 Å². The van der Waals surface area contributed by atoms with Gasteiger partial charge in [-0.25, -0.2) is 4.99 Å². The van der Waals surface area contributed by atoms with Crippen LogP contribution in [-0.2, 0) is 4.79 Å².